The second kappa shape index (κ2) is 8.98. The van der Waals surface area contributed by atoms with E-state index in [9.17, 15) is 9.59 Å². The standard InChI is InChI=1S/C19H29N3O4/c1-5-25-17(23)15-7-10-22(11-8-15)13-14-6-9-20-16(12-14)21-18(24)26-19(2,3)4/h6,9,12,15H,5,7-8,10-11,13H2,1-4H3,(H,20,21,24). The molecule has 1 amide bonds. The fraction of sp³-hybridized carbons (Fsp3) is 0.632. The monoisotopic (exact) mass is 363 g/mol. The summed E-state index contributed by atoms with van der Waals surface area (Å²) in [5.41, 5.74) is 0.506. The van der Waals surface area contributed by atoms with Gasteiger partial charge in [-0.25, -0.2) is 9.78 Å². The van der Waals surface area contributed by atoms with Crippen molar-refractivity contribution in [2.75, 3.05) is 25.0 Å². The van der Waals surface area contributed by atoms with Crippen molar-refractivity contribution < 1.29 is 19.1 Å². The van der Waals surface area contributed by atoms with Gasteiger partial charge in [0.05, 0.1) is 12.5 Å². The van der Waals surface area contributed by atoms with Gasteiger partial charge in [0.1, 0.15) is 11.4 Å². The van der Waals surface area contributed by atoms with E-state index < -0.39 is 11.7 Å². The number of pyridine rings is 1. The van der Waals surface area contributed by atoms with Crippen LogP contribution < -0.4 is 5.32 Å². The molecule has 0 radical (unpaired) electrons. The number of esters is 1. The maximum atomic E-state index is 11.9. The molecule has 1 saturated heterocycles. The van der Waals surface area contributed by atoms with Gasteiger partial charge in [-0.05, 0) is 71.3 Å². The summed E-state index contributed by atoms with van der Waals surface area (Å²) in [5, 5.41) is 2.66. The van der Waals surface area contributed by atoms with Crippen molar-refractivity contribution in [3.05, 3.63) is 23.9 Å². The summed E-state index contributed by atoms with van der Waals surface area (Å²) in [4.78, 5) is 30.1. The summed E-state index contributed by atoms with van der Waals surface area (Å²) in [7, 11) is 0. The summed E-state index contributed by atoms with van der Waals surface area (Å²) in [5.74, 6) is 0.395. The second-order valence-corrected chi connectivity index (χ2v) is 7.48. The Morgan fingerprint density at radius 2 is 2.00 bits per heavy atom. The molecule has 0 aliphatic carbocycles. The largest absolute Gasteiger partial charge is 0.466 e. The van der Waals surface area contributed by atoms with Crippen molar-refractivity contribution in [1.82, 2.24) is 9.88 Å². The fourth-order valence-corrected chi connectivity index (χ4v) is 2.89. The normalized spacial score (nSPS) is 16.2. The number of likely N-dealkylation sites (tertiary alicyclic amines) is 1. The van der Waals surface area contributed by atoms with Crippen LogP contribution in [0.1, 0.15) is 46.1 Å². The molecule has 1 aromatic rings. The minimum Gasteiger partial charge on any atom is -0.466 e. The number of anilines is 1. The maximum absolute atomic E-state index is 11.9. The summed E-state index contributed by atoms with van der Waals surface area (Å²) in [6, 6.07) is 3.78. The SMILES string of the molecule is CCOC(=O)C1CCN(Cc2ccnc(NC(=O)OC(C)(C)C)c2)CC1. The number of amides is 1. The third-order valence-corrected chi connectivity index (χ3v) is 4.07. The minimum atomic E-state index is -0.551. The second-order valence-electron chi connectivity index (χ2n) is 7.48. The molecule has 1 aromatic heterocycles. The molecule has 0 saturated carbocycles. The highest BCUT2D eigenvalue weighted by Gasteiger charge is 2.26. The van der Waals surface area contributed by atoms with Crippen LogP contribution >= 0.6 is 0 Å². The van der Waals surface area contributed by atoms with Crippen molar-refractivity contribution in [2.45, 2.75) is 52.7 Å². The Balaban J connectivity index is 1.85. The van der Waals surface area contributed by atoms with E-state index in [2.05, 4.69) is 15.2 Å². The van der Waals surface area contributed by atoms with E-state index in [1.807, 2.05) is 39.8 Å². The highest BCUT2D eigenvalue weighted by Crippen LogP contribution is 2.21. The lowest BCUT2D eigenvalue weighted by molar-refractivity contribution is -0.149. The maximum Gasteiger partial charge on any atom is 0.413 e. The Morgan fingerprint density at radius 3 is 2.62 bits per heavy atom. The molecule has 2 heterocycles. The van der Waals surface area contributed by atoms with Crippen LogP contribution in [0.2, 0.25) is 0 Å². The smallest absolute Gasteiger partial charge is 0.413 e. The lowest BCUT2D eigenvalue weighted by Gasteiger charge is -2.30. The number of piperidine rings is 1. The van der Waals surface area contributed by atoms with Gasteiger partial charge in [0, 0.05) is 12.7 Å². The molecule has 1 fully saturated rings. The first-order valence-electron chi connectivity index (χ1n) is 9.10. The first-order valence-corrected chi connectivity index (χ1v) is 9.10. The van der Waals surface area contributed by atoms with Gasteiger partial charge in [-0.15, -0.1) is 0 Å². The van der Waals surface area contributed by atoms with Crippen LogP contribution in [0.3, 0.4) is 0 Å². The van der Waals surface area contributed by atoms with E-state index in [0.717, 1.165) is 38.0 Å². The van der Waals surface area contributed by atoms with Crippen molar-refractivity contribution in [3.8, 4) is 0 Å². The van der Waals surface area contributed by atoms with Gasteiger partial charge in [-0.3, -0.25) is 15.0 Å². The van der Waals surface area contributed by atoms with Crippen LogP contribution in [0.4, 0.5) is 10.6 Å². The molecule has 1 N–H and O–H groups in total. The third-order valence-electron chi connectivity index (χ3n) is 4.07. The van der Waals surface area contributed by atoms with E-state index in [-0.39, 0.29) is 11.9 Å². The van der Waals surface area contributed by atoms with Gasteiger partial charge in [0.2, 0.25) is 0 Å². The van der Waals surface area contributed by atoms with Crippen LogP contribution in [0.15, 0.2) is 18.3 Å². The van der Waals surface area contributed by atoms with Crippen LogP contribution in [0.25, 0.3) is 0 Å². The highest BCUT2D eigenvalue weighted by molar-refractivity contribution is 5.83. The predicted octanol–water partition coefficient (Wildman–Crippen LogP) is 3.20. The molecular weight excluding hydrogens is 334 g/mol. The fourth-order valence-electron chi connectivity index (χ4n) is 2.89. The number of carbonyl (C=O) groups is 2. The van der Waals surface area contributed by atoms with Crippen LogP contribution in [-0.2, 0) is 20.8 Å². The molecule has 7 heteroatoms. The van der Waals surface area contributed by atoms with Crippen LogP contribution in [0, 0.1) is 5.92 Å². The van der Waals surface area contributed by atoms with Crippen molar-refractivity contribution >= 4 is 17.9 Å². The average molecular weight is 363 g/mol. The van der Waals surface area contributed by atoms with Crippen molar-refractivity contribution in [1.29, 1.82) is 0 Å². The number of hydrogen-bond acceptors (Lipinski definition) is 6. The van der Waals surface area contributed by atoms with Gasteiger partial charge in [0.25, 0.3) is 0 Å². The predicted molar refractivity (Wildman–Crippen MR) is 98.7 cm³/mol. The van der Waals surface area contributed by atoms with Crippen molar-refractivity contribution in [3.63, 3.8) is 0 Å². The Morgan fingerprint density at radius 1 is 1.31 bits per heavy atom. The molecule has 1 aliphatic rings. The molecular formula is C19H29N3O4. The molecule has 1 aliphatic heterocycles. The first-order chi connectivity index (χ1) is 12.3. The molecule has 0 atom stereocenters. The van der Waals surface area contributed by atoms with Gasteiger partial charge in [-0.2, -0.15) is 0 Å². The van der Waals surface area contributed by atoms with Crippen LogP contribution in [0.5, 0.6) is 0 Å². The summed E-state index contributed by atoms with van der Waals surface area (Å²) >= 11 is 0. The molecule has 0 spiro atoms. The molecule has 2 rings (SSSR count). The van der Waals surface area contributed by atoms with Gasteiger partial charge in [-0.1, -0.05) is 0 Å². The number of nitrogens with one attached hydrogen (secondary N) is 1. The van der Waals surface area contributed by atoms with Gasteiger partial charge >= 0.3 is 12.1 Å². The summed E-state index contributed by atoms with van der Waals surface area (Å²) in [6.07, 6.45) is 2.78. The average Bonchev–Trinajstić information content (AvgIpc) is 2.54. The highest BCUT2D eigenvalue weighted by atomic mass is 16.6. The van der Waals surface area contributed by atoms with E-state index in [1.54, 1.807) is 6.20 Å². The Labute approximate surface area is 155 Å². The van der Waals surface area contributed by atoms with Crippen molar-refractivity contribution in [2.24, 2.45) is 5.92 Å². The zero-order valence-electron chi connectivity index (χ0n) is 16.1. The number of hydrogen-bond donors (Lipinski definition) is 1. The number of carbonyl (C=O) groups excluding carboxylic acids is 2. The van der Waals surface area contributed by atoms with Crippen LogP contribution in [-0.4, -0.2) is 47.2 Å². The number of nitrogens with zero attached hydrogens (tertiary/aromatic N) is 2. The Hall–Kier alpha value is -2.15. The van der Waals surface area contributed by atoms with E-state index in [4.69, 9.17) is 9.47 Å². The molecule has 0 unspecified atom stereocenters. The van der Waals surface area contributed by atoms with E-state index in [1.165, 1.54) is 0 Å². The number of ether oxygens (including phenoxy) is 2. The zero-order valence-corrected chi connectivity index (χ0v) is 16.1. The van der Waals surface area contributed by atoms with E-state index in [0.29, 0.717) is 12.4 Å². The number of rotatable bonds is 5. The topological polar surface area (TPSA) is 80.8 Å². The molecule has 26 heavy (non-hydrogen) atoms. The lowest BCUT2D eigenvalue weighted by atomic mass is 9.97. The molecule has 7 nitrogen and oxygen atoms in total. The summed E-state index contributed by atoms with van der Waals surface area (Å²) in [6.45, 7) is 10.2. The quantitative estimate of drug-likeness (QED) is 0.809. The van der Waals surface area contributed by atoms with Gasteiger partial charge < -0.3 is 9.47 Å². The third kappa shape index (κ3) is 6.63. The van der Waals surface area contributed by atoms with Gasteiger partial charge in [0.15, 0.2) is 0 Å². The van der Waals surface area contributed by atoms with E-state index >= 15 is 0 Å². The summed E-state index contributed by atoms with van der Waals surface area (Å²) < 4.78 is 10.3. The molecule has 0 aromatic carbocycles. The first kappa shape index (κ1) is 20.2. The lowest BCUT2D eigenvalue weighted by Crippen LogP contribution is -2.36. The number of aromatic nitrogens is 1. The molecule has 144 valence electrons. The zero-order chi connectivity index (χ0) is 19.2. The Kier molecular flexibility index (Phi) is 6.97. The minimum absolute atomic E-state index is 0.00744. The Bertz CT molecular complexity index is 619. The molecule has 0 bridgehead atoms.